The minimum absolute atomic E-state index is 0.00222. The Bertz CT molecular complexity index is 816. The van der Waals surface area contributed by atoms with E-state index in [-0.39, 0.29) is 5.91 Å². The zero-order chi connectivity index (χ0) is 17.1. The molecule has 1 amide bonds. The molecule has 1 aliphatic rings. The van der Waals surface area contributed by atoms with Crippen LogP contribution < -0.4 is 0 Å². The molecule has 24 heavy (non-hydrogen) atoms. The maximum atomic E-state index is 12.8. The summed E-state index contributed by atoms with van der Waals surface area (Å²) < 4.78 is 1.02. The molecule has 4 nitrogen and oxygen atoms in total. The number of hydrogen-bond donors (Lipinski definition) is 0. The summed E-state index contributed by atoms with van der Waals surface area (Å²) in [5, 5.41) is 0.674. The van der Waals surface area contributed by atoms with Gasteiger partial charge in [0.15, 0.2) is 11.0 Å². The molecule has 0 N–H and O–H groups in total. The molecule has 0 spiro atoms. The predicted molar refractivity (Wildman–Crippen MR) is 103 cm³/mol. The zero-order valence-corrected chi connectivity index (χ0v) is 15.8. The first-order valence-corrected chi connectivity index (χ1v) is 9.17. The van der Waals surface area contributed by atoms with E-state index in [1.807, 2.05) is 56.3 Å². The van der Waals surface area contributed by atoms with E-state index in [1.165, 1.54) is 11.8 Å². The normalized spacial score (nSPS) is 18.4. The van der Waals surface area contributed by atoms with Gasteiger partial charge in [0.1, 0.15) is 0 Å². The molecular weight excluding hydrogens is 386 g/mol. The Labute approximate surface area is 153 Å². The van der Waals surface area contributed by atoms with Crippen molar-refractivity contribution in [2.24, 2.45) is 4.99 Å². The van der Waals surface area contributed by atoms with Crippen molar-refractivity contribution in [3.63, 3.8) is 0 Å². The summed E-state index contributed by atoms with van der Waals surface area (Å²) in [5.41, 5.74) is 1.99. The predicted octanol–water partition coefficient (Wildman–Crippen LogP) is 4.86. The Balaban J connectivity index is 1.99. The van der Waals surface area contributed by atoms with Crippen molar-refractivity contribution in [1.82, 2.24) is 9.88 Å². The lowest BCUT2D eigenvalue weighted by Gasteiger charge is -2.12. The number of halogens is 1. The van der Waals surface area contributed by atoms with Crippen molar-refractivity contribution < 1.29 is 4.79 Å². The van der Waals surface area contributed by atoms with E-state index < -0.39 is 0 Å². The quantitative estimate of drug-likeness (QED) is 0.689. The zero-order valence-electron chi connectivity index (χ0n) is 13.4. The Morgan fingerprint density at radius 3 is 2.62 bits per heavy atom. The molecule has 0 atom stereocenters. The molecule has 122 valence electrons. The van der Waals surface area contributed by atoms with Crippen LogP contribution in [-0.2, 0) is 4.79 Å². The fourth-order valence-corrected chi connectivity index (χ4v) is 3.72. The second-order valence-electron chi connectivity index (χ2n) is 5.19. The molecule has 0 radical (unpaired) electrons. The maximum Gasteiger partial charge on any atom is 0.267 e. The van der Waals surface area contributed by atoms with Gasteiger partial charge in [0.05, 0.1) is 4.91 Å². The van der Waals surface area contributed by atoms with Gasteiger partial charge in [-0.1, -0.05) is 34.1 Å². The van der Waals surface area contributed by atoms with Crippen LogP contribution in [0.3, 0.4) is 0 Å². The van der Waals surface area contributed by atoms with Crippen molar-refractivity contribution in [1.29, 1.82) is 0 Å². The molecule has 0 unspecified atom stereocenters. The number of aliphatic imine (C=N–C) groups is 1. The molecule has 1 fully saturated rings. The molecule has 6 heteroatoms. The van der Waals surface area contributed by atoms with Crippen LogP contribution >= 0.6 is 27.7 Å². The van der Waals surface area contributed by atoms with Crippen LogP contribution in [0.4, 0.5) is 5.82 Å². The number of amidine groups is 1. The van der Waals surface area contributed by atoms with Gasteiger partial charge in [0.2, 0.25) is 0 Å². The van der Waals surface area contributed by atoms with Crippen molar-refractivity contribution in [3.05, 3.63) is 63.6 Å². The summed E-state index contributed by atoms with van der Waals surface area (Å²) in [6.45, 7) is 4.50. The van der Waals surface area contributed by atoms with Crippen LogP contribution in [0.5, 0.6) is 0 Å². The molecular formula is C18H16BrN3OS. The molecule has 1 aromatic carbocycles. The van der Waals surface area contributed by atoms with Crippen molar-refractivity contribution >= 4 is 50.2 Å². The van der Waals surface area contributed by atoms with Crippen LogP contribution in [-0.4, -0.2) is 27.5 Å². The van der Waals surface area contributed by atoms with E-state index in [0.29, 0.717) is 22.4 Å². The highest BCUT2D eigenvalue weighted by molar-refractivity contribution is 9.10. The smallest absolute Gasteiger partial charge is 0.267 e. The maximum absolute atomic E-state index is 12.8. The average molecular weight is 402 g/mol. The van der Waals surface area contributed by atoms with Gasteiger partial charge in [-0.05, 0) is 61.0 Å². The van der Waals surface area contributed by atoms with Gasteiger partial charge < -0.3 is 0 Å². The topological polar surface area (TPSA) is 45.6 Å². The van der Waals surface area contributed by atoms with Crippen LogP contribution in [0.2, 0.25) is 0 Å². The van der Waals surface area contributed by atoms with Gasteiger partial charge in [-0.3, -0.25) is 9.69 Å². The average Bonchev–Trinajstić information content (AvgIpc) is 2.91. The monoisotopic (exact) mass is 401 g/mol. The first-order valence-electron chi connectivity index (χ1n) is 7.56. The van der Waals surface area contributed by atoms with E-state index in [4.69, 9.17) is 0 Å². The number of aromatic nitrogens is 1. The number of allylic oxidation sites excluding steroid dienone is 1. The molecule has 2 aromatic rings. The molecule has 1 aliphatic heterocycles. The SMILES string of the molecule is CCN1C(=O)/C(=C(\C)c2ccc(Br)cc2)S/C1=N/c1ccccn1. The highest BCUT2D eigenvalue weighted by atomic mass is 79.9. The van der Waals surface area contributed by atoms with Crippen LogP contribution in [0, 0.1) is 0 Å². The van der Waals surface area contributed by atoms with E-state index in [9.17, 15) is 4.79 Å². The second kappa shape index (κ2) is 7.32. The van der Waals surface area contributed by atoms with E-state index in [2.05, 4.69) is 25.9 Å². The van der Waals surface area contributed by atoms with Crippen molar-refractivity contribution in [2.45, 2.75) is 13.8 Å². The number of rotatable bonds is 3. The van der Waals surface area contributed by atoms with E-state index in [0.717, 1.165) is 15.6 Å². The summed E-state index contributed by atoms with van der Waals surface area (Å²) in [7, 11) is 0. The third-order valence-corrected chi connectivity index (χ3v) is 5.37. The molecule has 0 bridgehead atoms. The number of pyridine rings is 1. The van der Waals surface area contributed by atoms with Crippen LogP contribution in [0.15, 0.2) is 63.0 Å². The fraction of sp³-hybridized carbons (Fsp3) is 0.167. The number of thioether (sulfide) groups is 1. The molecule has 0 aliphatic carbocycles. The first kappa shape index (κ1) is 16.9. The number of nitrogens with zero attached hydrogens (tertiary/aromatic N) is 3. The summed E-state index contributed by atoms with van der Waals surface area (Å²) in [4.78, 5) is 23.9. The summed E-state index contributed by atoms with van der Waals surface area (Å²) >= 11 is 4.84. The van der Waals surface area contributed by atoms with Gasteiger partial charge >= 0.3 is 0 Å². The van der Waals surface area contributed by atoms with Crippen molar-refractivity contribution in [2.75, 3.05) is 6.54 Å². The summed E-state index contributed by atoms with van der Waals surface area (Å²) in [6, 6.07) is 13.5. The molecule has 1 aromatic heterocycles. The van der Waals surface area contributed by atoms with Crippen LogP contribution in [0.25, 0.3) is 5.57 Å². The molecule has 1 saturated heterocycles. The van der Waals surface area contributed by atoms with Crippen LogP contribution in [0.1, 0.15) is 19.4 Å². The fourth-order valence-electron chi connectivity index (χ4n) is 2.35. The summed E-state index contributed by atoms with van der Waals surface area (Å²) in [5.74, 6) is 0.603. The van der Waals surface area contributed by atoms with Gasteiger partial charge in [-0.15, -0.1) is 0 Å². The number of benzene rings is 1. The third kappa shape index (κ3) is 3.44. The highest BCUT2D eigenvalue weighted by Crippen LogP contribution is 2.37. The van der Waals surface area contributed by atoms with Gasteiger partial charge in [-0.25, -0.2) is 9.98 Å². The van der Waals surface area contributed by atoms with Gasteiger partial charge in [0.25, 0.3) is 5.91 Å². The number of carbonyl (C=O) groups is 1. The first-order chi connectivity index (χ1) is 11.6. The Morgan fingerprint density at radius 2 is 2.00 bits per heavy atom. The Hall–Kier alpha value is -1.92. The van der Waals surface area contributed by atoms with E-state index in [1.54, 1.807) is 11.1 Å². The van der Waals surface area contributed by atoms with Gasteiger partial charge in [0, 0.05) is 17.2 Å². The lowest BCUT2D eigenvalue weighted by Crippen LogP contribution is -2.28. The third-order valence-electron chi connectivity index (χ3n) is 3.66. The number of amides is 1. The number of likely N-dealkylation sites (N-methyl/N-ethyl adjacent to an activating group) is 1. The van der Waals surface area contributed by atoms with Gasteiger partial charge in [-0.2, -0.15) is 0 Å². The Kier molecular flexibility index (Phi) is 5.16. The second-order valence-corrected chi connectivity index (χ2v) is 7.09. The number of hydrogen-bond acceptors (Lipinski definition) is 4. The minimum Gasteiger partial charge on any atom is -0.287 e. The highest BCUT2D eigenvalue weighted by Gasteiger charge is 2.34. The molecule has 0 saturated carbocycles. The standard InChI is InChI=1S/C18H16BrN3OS/c1-3-22-17(23)16(12(2)13-7-9-14(19)10-8-13)24-18(22)21-15-6-4-5-11-20-15/h4-11H,3H2,1-2H3/b16-12-,21-18+. The molecule has 2 heterocycles. The Morgan fingerprint density at radius 1 is 1.25 bits per heavy atom. The molecule has 3 rings (SSSR count). The van der Waals surface area contributed by atoms with Crippen molar-refractivity contribution in [3.8, 4) is 0 Å². The minimum atomic E-state index is -0.00222. The lowest BCUT2D eigenvalue weighted by molar-refractivity contribution is -0.122. The van der Waals surface area contributed by atoms with E-state index >= 15 is 0 Å². The largest absolute Gasteiger partial charge is 0.287 e. The summed E-state index contributed by atoms with van der Waals surface area (Å²) in [6.07, 6.45) is 1.70. The lowest BCUT2D eigenvalue weighted by atomic mass is 10.1. The number of carbonyl (C=O) groups excluding carboxylic acids is 1.